The molecule has 0 spiro atoms. The van der Waals surface area contributed by atoms with Gasteiger partial charge in [-0.25, -0.2) is 0 Å². The van der Waals surface area contributed by atoms with Crippen LogP contribution in [0.25, 0.3) is 0 Å². The van der Waals surface area contributed by atoms with Crippen molar-refractivity contribution in [1.82, 2.24) is 0 Å². The molecule has 0 aromatic heterocycles. The van der Waals surface area contributed by atoms with Crippen LogP contribution in [-0.4, -0.2) is 12.5 Å². The van der Waals surface area contributed by atoms with Crippen LogP contribution in [0.4, 0.5) is 5.69 Å². The first-order valence-corrected chi connectivity index (χ1v) is 6.74. The Kier molecular flexibility index (Phi) is 4.02. The SMILES string of the molecule is CC(C)C(CN)C(=O)Nc1ccc2c(c1)CCC2. The molecule has 1 aliphatic carbocycles. The van der Waals surface area contributed by atoms with Crippen LogP contribution in [0, 0.1) is 11.8 Å². The van der Waals surface area contributed by atoms with Gasteiger partial charge in [-0.1, -0.05) is 19.9 Å². The molecule has 1 aromatic carbocycles. The highest BCUT2D eigenvalue weighted by molar-refractivity contribution is 5.93. The monoisotopic (exact) mass is 246 g/mol. The molecule has 2 rings (SSSR count). The van der Waals surface area contributed by atoms with Crippen molar-refractivity contribution in [3.63, 3.8) is 0 Å². The van der Waals surface area contributed by atoms with Crippen LogP contribution in [0.3, 0.4) is 0 Å². The number of carbonyl (C=O) groups is 1. The van der Waals surface area contributed by atoms with Gasteiger partial charge in [0.2, 0.25) is 5.91 Å². The van der Waals surface area contributed by atoms with Gasteiger partial charge in [0.05, 0.1) is 5.92 Å². The van der Waals surface area contributed by atoms with Gasteiger partial charge in [-0.2, -0.15) is 0 Å². The first kappa shape index (κ1) is 13.1. The smallest absolute Gasteiger partial charge is 0.229 e. The maximum absolute atomic E-state index is 12.1. The number of nitrogens with two attached hydrogens (primary N) is 1. The molecule has 0 radical (unpaired) electrons. The standard InChI is InChI=1S/C15H22N2O/c1-10(2)14(9-16)15(18)17-13-7-6-11-4-3-5-12(11)8-13/h6-8,10,14H,3-5,9,16H2,1-2H3,(H,17,18). The molecular formula is C15H22N2O. The zero-order valence-corrected chi connectivity index (χ0v) is 11.2. The van der Waals surface area contributed by atoms with Crippen molar-refractivity contribution in [3.05, 3.63) is 29.3 Å². The Morgan fingerprint density at radius 3 is 2.72 bits per heavy atom. The summed E-state index contributed by atoms with van der Waals surface area (Å²) in [6.45, 7) is 4.45. The second-order valence-electron chi connectivity index (χ2n) is 5.41. The molecule has 0 fully saturated rings. The molecule has 3 nitrogen and oxygen atoms in total. The first-order valence-electron chi connectivity index (χ1n) is 6.74. The fourth-order valence-electron chi connectivity index (χ4n) is 2.57. The molecule has 18 heavy (non-hydrogen) atoms. The number of nitrogens with one attached hydrogen (secondary N) is 1. The van der Waals surface area contributed by atoms with Gasteiger partial charge >= 0.3 is 0 Å². The molecule has 0 saturated carbocycles. The van der Waals surface area contributed by atoms with E-state index in [9.17, 15) is 4.79 Å². The topological polar surface area (TPSA) is 55.1 Å². The van der Waals surface area contributed by atoms with Gasteiger partial charge in [-0.15, -0.1) is 0 Å². The molecule has 1 amide bonds. The Morgan fingerprint density at radius 1 is 1.33 bits per heavy atom. The third-order valence-corrected chi connectivity index (χ3v) is 3.76. The van der Waals surface area contributed by atoms with Crippen molar-refractivity contribution in [2.24, 2.45) is 17.6 Å². The molecule has 0 saturated heterocycles. The summed E-state index contributed by atoms with van der Waals surface area (Å²) in [7, 11) is 0. The fourth-order valence-corrected chi connectivity index (χ4v) is 2.57. The summed E-state index contributed by atoms with van der Waals surface area (Å²) in [5, 5.41) is 2.99. The number of anilines is 1. The Balaban J connectivity index is 2.07. The van der Waals surface area contributed by atoms with Gasteiger partial charge in [0.15, 0.2) is 0 Å². The van der Waals surface area contributed by atoms with Crippen LogP contribution >= 0.6 is 0 Å². The van der Waals surface area contributed by atoms with Gasteiger partial charge in [-0.05, 0) is 48.4 Å². The van der Waals surface area contributed by atoms with E-state index in [2.05, 4.69) is 17.4 Å². The highest BCUT2D eigenvalue weighted by atomic mass is 16.1. The molecule has 3 N–H and O–H groups in total. The number of fused-ring (bicyclic) bond motifs is 1. The Hall–Kier alpha value is -1.35. The minimum atomic E-state index is -0.113. The van der Waals surface area contributed by atoms with Crippen LogP contribution in [0.2, 0.25) is 0 Å². The number of hydrogen-bond acceptors (Lipinski definition) is 2. The molecule has 98 valence electrons. The van der Waals surface area contributed by atoms with Crippen molar-refractivity contribution in [2.75, 3.05) is 11.9 Å². The van der Waals surface area contributed by atoms with Crippen molar-refractivity contribution in [3.8, 4) is 0 Å². The van der Waals surface area contributed by atoms with E-state index in [4.69, 9.17) is 5.73 Å². The average Bonchev–Trinajstić information content (AvgIpc) is 2.76. The Bertz CT molecular complexity index is 440. The lowest BCUT2D eigenvalue weighted by molar-refractivity contribution is -0.120. The minimum Gasteiger partial charge on any atom is -0.330 e. The molecule has 1 aliphatic rings. The van der Waals surface area contributed by atoms with Crippen LogP contribution in [0.1, 0.15) is 31.4 Å². The fraction of sp³-hybridized carbons (Fsp3) is 0.533. The summed E-state index contributed by atoms with van der Waals surface area (Å²) in [5.41, 5.74) is 9.36. The Morgan fingerprint density at radius 2 is 2.06 bits per heavy atom. The van der Waals surface area contributed by atoms with Gasteiger partial charge < -0.3 is 11.1 Å². The number of benzene rings is 1. The molecule has 1 aromatic rings. The van der Waals surface area contributed by atoms with E-state index in [1.54, 1.807) is 0 Å². The summed E-state index contributed by atoms with van der Waals surface area (Å²) < 4.78 is 0. The zero-order chi connectivity index (χ0) is 13.1. The number of aryl methyl sites for hydroxylation is 2. The van der Waals surface area contributed by atoms with E-state index in [1.165, 1.54) is 24.0 Å². The second-order valence-corrected chi connectivity index (χ2v) is 5.41. The quantitative estimate of drug-likeness (QED) is 0.856. The Labute approximate surface area is 109 Å². The number of rotatable bonds is 4. The maximum atomic E-state index is 12.1. The van der Waals surface area contributed by atoms with Crippen molar-refractivity contribution in [1.29, 1.82) is 0 Å². The average molecular weight is 246 g/mol. The van der Waals surface area contributed by atoms with Crippen molar-refractivity contribution in [2.45, 2.75) is 33.1 Å². The third-order valence-electron chi connectivity index (χ3n) is 3.76. The van der Waals surface area contributed by atoms with Gasteiger partial charge in [0.25, 0.3) is 0 Å². The first-order chi connectivity index (χ1) is 8.61. The normalized spacial score (nSPS) is 15.6. The van der Waals surface area contributed by atoms with Crippen LogP contribution in [0.15, 0.2) is 18.2 Å². The molecule has 0 bridgehead atoms. The van der Waals surface area contributed by atoms with Crippen LogP contribution < -0.4 is 11.1 Å². The molecule has 1 unspecified atom stereocenters. The lowest BCUT2D eigenvalue weighted by Gasteiger charge is -2.18. The maximum Gasteiger partial charge on any atom is 0.229 e. The number of amides is 1. The van der Waals surface area contributed by atoms with Gasteiger partial charge in [0.1, 0.15) is 0 Å². The number of hydrogen-bond donors (Lipinski definition) is 2. The summed E-state index contributed by atoms with van der Waals surface area (Å²) in [6, 6.07) is 6.23. The van der Waals surface area contributed by atoms with Crippen LogP contribution in [0.5, 0.6) is 0 Å². The summed E-state index contributed by atoms with van der Waals surface area (Å²) >= 11 is 0. The number of carbonyl (C=O) groups excluding carboxylic acids is 1. The van der Waals surface area contributed by atoms with E-state index < -0.39 is 0 Å². The summed E-state index contributed by atoms with van der Waals surface area (Å²) in [5.74, 6) is 0.188. The van der Waals surface area contributed by atoms with Crippen molar-refractivity contribution >= 4 is 11.6 Å². The van der Waals surface area contributed by atoms with E-state index in [0.29, 0.717) is 6.54 Å². The largest absolute Gasteiger partial charge is 0.330 e. The highest BCUT2D eigenvalue weighted by Gasteiger charge is 2.21. The van der Waals surface area contributed by atoms with Crippen LogP contribution in [-0.2, 0) is 17.6 Å². The molecule has 1 atom stereocenters. The summed E-state index contributed by atoms with van der Waals surface area (Å²) in [6.07, 6.45) is 3.52. The lowest BCUT2D eigenvalue weighted by atomic mass is 9.95. The molecule has 0 heterocycles. The van der Waals surface area contributed by atoms with E-state index >= 15 is 0 Å². The highest BCUT2D eigenvalue weighted by Crippen LogP contribution is 2.25. The molecular weight excluding hydrogens is 224 g/mol. The second kappa shape index (κ2) is 5.53. The van der Waals surface area contributed by atoms with E-state index in [0.717, 1.165) is 12.1 Å². The van der Waals surface area contributed by atoms with Gasteiger partial charge in [0, 0.05) is 12.2 Å². The van der Waals surface area contributed by atoms with E-state index in [-0.39, 0.29) is 17.7 Å². The molecule has 0 aliphatic heterocycles. The molecule has 3 heteroatoms. The summed E-state index contributed by atoms with van der Waals surface area (Å²) in [4.78, 5) is 12.1. The van der Waals surface area contributed by atoms with E-state index in [1.807, 2.05) is 19.9 Å². The predicted octanol–water partition coefficient (Wildman–Crippen LogP) is 2.34. The van der Waals surface area contributed by atoms with Gasteiger partial charge in [-0.3, -0.25) is 4.79 Å². The minimum absolute atomic E-state index is 0.0328. The lowest BCUT2D eigenvalue weighted by Crippen LogP contribution is -2.33. The predicted molar refractivity (Wildman–Crippen MR) is 74.5 cm³/mol. The third kappa shape index (κ3) is 2.72. The van der Waals surface area contributed by atoms with Crippen molar-refractivity contribution < 1.29 is 4.79 Å². The zero-order valence-electron chi connectivity index (χ0n) is 11.2.